The molecule has 0 saturated heterocycles. The summed E-state index contributed by atoms with van der Waals surface area (Å²) in [6, 6.07) is 4.99. The Morgan fingerprint density at radius 3 is 2.48 bits per heavy atom. The van der Waals surface area contributed by atoms with Crippen molar-refractivity contribution in [3.8, 4) is 0 Å². The van der Waals surface area contributed by atoms with Gasteiger partial charge in [-0.15, -0.1) is 0 Å². The van der Waals surface area contributed by atoms with Gasteiger partial charge >= 0.3 is 6.18 Å². The largest absolute Gasteiger partial charge is 0.416 e. The molecular formula is C15H20F3NO2. The Labute approximate surface area is 122 Å². The van der Waals surface area contributed by atoms with E-state index in [1.807, 2.05) is 13.8 Å². The molecule has 0 heterocycles. The number of aliphatic hydroxyl groups is 1. The molecule has 0 aliphatic rings. The van der Waals surface area contributed by atoms with Gasteiger partial charge in [0.1, 0.15) is 0 Å². The molecule has 0 saturated carbocycles. The van der Waals surface area contributed by atoms with E-state index in [2.05, 4.69) is 5.32 Å². The number of halogens is 3. The van der Waals surface area contributed by atoms with Gasteiger partial charge in [-0.05, 0) is 24.0 Å². The number of carbonyl (C=O) groups excluding carboxylic acids is 1. The summed E-state index contributed by atoms with van der Waals surface area (Å²) in [5.41, 5.74) is -0.872. The summed E-state index contributed by atoms with van der Waals surface area (Å²) in [4.78, 5) is 11.7. The highest BCUT2D eigenvalue weighted by atomic mass is 19.4. The maximum absolute atomic E-state index is 12.8. The van der Waals surface area contributed by atoms with Crippen LogP contribution in [0.15, 0.2) is 24.3 Å². The predicted octanol–water partition coefficient (Wildman–Crippen LogP) is 2.77. The molecule has 0 aliphatic heterocycles. The molecule has 1 unspecified atom stereocenters. The molecule has 0 bridgehead atoms. The van der Waals surface area contributed by atoms with Gasteiger partial charge in [0.05, 0.1) is 18.1 Å². The molecular weight excluding hydrogens is 283 g/mol. The van der Waals surface area contributed by atoms with Crippen molar-refractivity contribution in [3.05, 3.63) is 35.4 Å². The van der Waals surface area contributed by atoms with Gasteiger partial charge in [0.15, 0.2) is 0 Å². The van der Waals surface area contributed by atoms with Crippen molar-refractivity contribution in [2.45, 2.75) is 39.0 Å². The van der Waals surface area contributed by atoms with E-state index in [1.165, 1.54) is 18.2 Å². The minimum Gasteiger partial charge on any atom is -0.391 e. The second-order valence-electron chi connectivity index (χ2n) is 5.42. The third-order valence-corrected chi connectivity index (χ3v) is 2.95. The van der Waals surface area contributed by atoms with E-state index in [9.17, 15) is 23.1 Å². The molecule has 1 amide bonds. The fraction of sp³-hybridized carbons (Fsp3) is 0.533. The van der Waals surface area contributed by atoms with E-state index in [4.69, 9.17) is 0 Å². The van der Waals surface area contributed by atoms with Crippen LogP contribution < -0.4 is 5.32 Å². The molecule has 0 radical (unpaired) electrons. The highest BCUT2D eigenvalue weighted by Crippen LogP contribution is 2.31. The maximum Gasteiger partial charge on any atom is 0.416 e. The second-order valence-corrected chi connectivity index (χ2v) is 5.42. The molecule has 6 heteroatoms. The first-order chi connectivity index (χ1) is 9.70. The second kappa shape index (κ2) is 7.45. The van der Waals surface area contributed by atoms with Crippen LogP contribution in [-0.4, -0.2) is 23.7 Å². The monoisotopic (exact) mass is 303 g/mol. The lowest BCUT2D eigenvalue weighted by molar-refractivity contribution is -0.138. The summed E-state index contributed by atoms with van der Waals surface area (Å²) >= 11 is 0. The minimum absolute atomic E-state index is 0.0468. The minimum atomic E-state index is -4.48. The van der Waals surface area contributed by atoms with Gasteiger partial charge in [-0.3, -0.25) is 4.79 Å². The molecule has 0 fully saturated rings. The van der Waals surface area contributed by atoms with Crippen LogP contribution in [0.4, 0.5) is 13.2 Å². The van der Waals surface area contributed by atoms with Crippen LogP contribution in [0.3, 0.4) is 0 Å². The van der Waals surface area contributed by atoms with Gasteiger partial charge in [0, 0.05) is 6.54 Å². The number of rotatable bonds is 6. The standard InChI is InChI=1S/C15H20F3NO2/c1-10(2)7-12(20)9-19-14(21)8-11-5-3-4-6-13(11)15(16,17)18/h3-6,10,12,20H,7-9H2,1-2H3,(H,19,21). The number of nitrogens with one attached hydrogen (secondary N) is 1. The summed E-state index contributed by atoms with van der Waals surface area (Å²) in [5, 5.41) is 12.1. The average molecular weight is 303 g/mol. The summed E-state index contributed by atoms with van der Waals surface area (Å²) < 4.78 is 38.4. The topological polar surface area (TPSA) is 49.3 Å². The quantitative estimate of drug-likeness (QED) is 0.849. The van der Waals surface area contributed by atoms with E-state index in [0.29, 0.717) is 6.42 Å². The Balaban J connectivity index is 2.60. The lowest BCUT2D eigenvalue weighted by atomic mass is 10.0. The van der Waals surface area contributed by atoms with Gasteiger partial charge in [-0.1, -0.05) is 32.0 Å². The lowest BCUT2D eigenvalue weighted by Gasteiger charge is -2.15. The highest BCUT2D eigenvalue weighted by Gasteiger charge is 2.33. The van der Waals surface area contributed by atoms with Gasteiger partial charge in [0.2, 0.25) is 5.91 Å². The highest BCUT2D eigenvalue weighted by molar-refractivity contribution is 5.79. The molecule has 21 heavy (non-hydrogen) atoms. The van der Waals surface area contributed by atoms with Crippen molar-refractivity contribution >= 4 is 5.91 Å². The summed E-state index contributed by atoms with van der Waals surface area (Å²) in [5.74, 6) is -0.252. The zero-order chi connectivity index (χ0) is 16.0. The lowest BCUT2D eigenvalue weighted by Crippen LogP contribution is -2.34. The van der Waals surface area contributed by atoms with Crippen LogP contribution in [0.1, 0.15) is 31.4 Å². The number of hydrogen-bond donors (Lipinski definition) is 2. The molecule has 0 aromatic heterocycles. The molecule has 0 spiro atoms. The summed E-state index contributed by atoms with van der Waals surface area (Å²) in [6.07, 6.45) is -5.00. The van der Waals surface area contributed by atoms with Crippen molar-refractivity contribution in [1.82, 2.24) is 5.32 Å². The Morgan fingerprint density at radius 2 is 1.90 bits per heavy atom. The first kappa shape index (κ1) is 17.5. The third kappa shape index (κ3) is 6.16. The number of hydrogen-bond acceptors (Lipinski definition) is 2. The van der Waals surface area contributed by atoms with Gasteiger partial charge < -0.3 is 10.4 Å². The predicted molar refractivity (Wildman–Crippen MR) is 73.6 cm³/mol. The number of benzene rings is 1. The molecule has 3 nitrogen and oxygen atoms in total. The normalized spacial score (nSPS) is 13.3. The Kier molecular flexibility index (Phi) is 6.20. The zero-order valence-corrected chi connectivity index (χ0v) is 12.1. The average Bonchev–Trinajstić information content (AvgIpc) is 2.35. The molecule has 118 valence electrons. The van der Waals surface area contributed by atoms with E-state index >= 15 is 0 Å². The van der Waals surface area contributed by atoms with Gasteiger partial charge in [-0.25, -0.2) is 0 Å². The van der Waals surface area contributed by atoms with Crippen molar-refractivity contribution in [1.29, 1.82) is 0 Å². The van der Waals surface area contributed by atoms with Crippen molar-refractivity contribution in [2.75, 3.05) is 6.54 Å². The van der Waals surface area contributed by atoms with Gasteiger partial charge in [-0.2, -0.15) is 13.2 Å². The number of carbonyl (C=O) groups is 1. The summed E-state index contributed by atoms with van der Waals surface area (Å²) in [7, 11) is 0. The van der Waals surface area contributed by atoms with E-state index in [-0.39, 0.29) is 24.4 Å². The Bertz CT molecular complexity index is 472. The Morgan fingerprint density at radius 1 is 1.29 bits per heavy atom. The first-order valence-electron chi connectivity index (χ1n) is 6.80. The van der Waals surface area contributed by atoms with Gasteiger partial charge in [0.25, 0.3) is 0 Å². The zero-order valence-electron chi connectivity index (χ0n) is 12.1. The first-order valence-corrected chi connectivity index (χ1v) is 6.80. The molecule has 1 atom stereocenters. The van der Waals surface area contributed by atoms with Crippen LogP contribution in [0.5, 0.6) is 0 Å². The van der Waals surface area contributed by atoms with E-state index in [0.717, 1.165) is 6.07 Å². The number of amides is 1. The maximum atomic E-state index is 12.8. The molecule has 0 aliphatic carbocycles. The fourth-order valence-electron chi connectivity index (χ4n) is 2.05. The molecule has 1 aromatic carbocycles. The Hall–Kier alpha value is -1.56. The smallest absolute Gasteiger partial charge is 0.391 e. The van der Waals surface area contributed by atoms with Crippen LogP contribution in [0.25, 0.3) is 0 Å². The number of alkyl halides is 3. The van der Waals surface area contributed by atoms with Crippen LogP contribution in [0, 0.1) is 5.92 Å². The van der Waals surface area contributed by atoms with Crippen molar-refractivity contribution < 1.29 is 23.1 Å². The van der Waals surface area contributed by atoms with E-state index < -0.39 is 23.8 Å². The third-order valence-electron chi connectivity index (χ3n) is 2.95. The van der Waals surface area contributed by atoms with Crippen LogP contribution >= 0.6 is 0 Å². The van der Waals surface area contributed by atoms with Crippen LogP contribution in [-0.2, 0) is 17.4 Å². The van der Waals surface area contributed by atoms with Crippen molar-refractivity contribution in [3.63, 3.8) is 0 Å². The van der Waals surface area contributed by atoms with Crippen molar-refractivity contribution in [2.24, 2.45) is 5.92 Å². The fourth-order valence-corrected chi connectivity index (χ4v) is 2.05. The molecule has 2 N–H and O–H groups in total. The van der Waals surface area contributed by atoms with E-state index in [1.54, 1.807) is 0 Å². The van der Waals surface area contributed by atoms with Crippen LogP contribution in [0.2, 0.25) is 0 Å². The molecule has 1 aromatic rings. The number of aliphatic hydroxyl groups excluding tert-OH is 1. The molecule has 1 rings (SSSR count). The summed E-state index contributed by atoms with van der Waals surface area (Å²) in [6.45, 7) is 3.92. The SMILES string of the molecule is CC(C)CC(O)CNC(=O)Cc1ccccc1C(F)(F)F.